The Kier molecular flexibility index (Phi) is 5.88. The van der Waals surface area contributed by atoms with Crippen molar-refractivity contribution >= 4 is 38.8 Å². The second-order valence-corrected chi connectivity index (χ2v) is 4.91. The molecule has 0 bridgehead atoms. The number of hydrogen-bond acceptors (Lipinski definition) is 3. The summed E-state index contributed by atoms with van der Waals surface area (Å²) in [5.74, 6) is 0. The van der Waals surface area contributed by atoms with Crippen LogP contribution in [-0.4, -0.2) is 31.8 Å². The second-order valence-electron chi connectivity index (χ2n) is 3.62. The first-order valence-corrected chi connectivity index (χ1v) is 6.65. The van der Waals surface area contributed by atoms with E-state index in [1.807, 2.05) is 32.2 Å². The smallest absolute Gasteiger partial charge is 0.107 e. The van der Waals surface area contributed by atoms with Gasteiger partial charge in [0.05, 0.1) is 6.61 Å². The van der Waals surface area contributed by atoms with Crippen molar-refractivity contribution in [1.29, 1.82) is 0 Å². The van der Waals surface area contributed by atoms with Crippen LogP contribution in [0.15, 0.2) is 22.7 Å². The number of likely N-dealkylation sites (N-methyl/N-ethyl adjacent to an activating group) is 1. The summed E-state index contributed by atoms with van der Waals surface area (Å²) < 4.78 is 6.26. The third-order valence-electron chi connectivity index (χ3n) is 2.42. The summed E-state index contributed by atoms with van der Waals surface area (Å²) in [5.41, 5.74) is 7.65. The lowest BCUT2D eigenvalue weighted by Crippen LogP contribution is -2.26. The van der Waals surface area contributed by atoms with Gasteiger partial charge >= 0.3 is 0 Å². The third-order valence-corrected chi connectivity index (χ3v) is 3.29. The Labute approximate surface area is 116 Å². The molecule has 1 aromatic rings. The molecule has 17 heavy (non-hydrogen) atoms. The first-order chi connectivity index (χ1) is 8.07. The highest BCUT2D eigenvalue weighted by molar-refractivity contribution is 9.10. The monoisotopic (exact) mass is 316 g/mol. The van der Waals surface area contributed by atoms with Crippen LogP contribution in [0.4, 0.5) is 5.69 Å². The fourth-order valence-electron chi connectivity index (χ4n) is 1.54. The van der Waals surface area contributed by atoms with Crippen LogP contribution in [0.1, 0.15) is 12.5 Å². The minimum Gasteiger partial charge on any atom is -0.389 e. The maximum absolute atomic E-state index is 5.75. The van der Waals surface area contributed by atoms with Gasteiger partial charge in [0, 0.05) is 35.9 Å². The zero-order valence-electron chi connectivity index (χ0n) is 10.1. The largest absolute Gasteiger partial charge is 0.389 e. The normalized spacial score (nSPS) is 10.3. The lowest BCUT2D eigenvalue weighted by molar-refractivity contribution is 0.154. The van der Waals surface area contributed by atoms with Gasteiger partial charge in [-0.1, -0.05) is 18.3 Å². The molecule has 0 fully saturated rings. The average molecular weight is 317 g/mol. The summed E-state index contributed by atoms with van der Waals surface area (Å²) in [4.78, 5) is 2.49. The molecule has 0 saturated carbocycles. The van der Waals surface area contributed by atoms with Crippen molar-refractivity contribution in [2.24, 2.45) is 5.73 Å². The van der Waals surface area contributed by atoms with Gasteiger partial charge in [0.25, 0.3) is 0 Å². The van der Waals surface area contributed by atoms with Crippen molar-refractivity contribution in [2.75, 3.05) is 31.7 Å². The molecule has 0 aliphatic carbocycles. The highest BCUT2D eigenvalue weighted by Gasteiger charge is 2.12. The first kappa shape index (κ1) is 14.4. The topological polar surface area (TPSA) is 38.5 Å². The molecule has 0 saturated heterocycles. The van der Waals surface area contributed by atoms with E-state index < -0.39 is 0 Å². The minimum atomic E-state index is 0.399. The predicted octanol–water partition coefficient (Wildman–Crippen LogP) is 2.56. The lowest BCUT2D eigenvalue weighted by atomic mass is 10.1. The molecule has 1 aromatic carbocycles. The Morgan fingerprint density at radius 2 is 2.24 bits per heavy atom. The van der Waals surface area contributed by atoms with Gasteiger partial charge in [0.2, 0.25) is 0 Å². The molecule has 0 amide bonds. The summed E-state index contributed by atoms with van der Waals surface area (Å²) >= 11 is 8.55. The minimum absolute atomic E-state index is 0.399. The van der Waals surface area contributed by atoms with Gasteiger partial charge < -0.3 is 15.4 Å². The number of rotatable bonds is 6. The van der Waals surface area contributed by atoms with E-state index in [2.05, 4.69) is 20.8 Å². The van der Waals surface area contributed by atoms with Crippen molar-refractivity contribution in [2.45, 2.75) is 6.92 Å². The van der Waals surface area contributed by atoms with E-state index in [9.17, 15) is 0 Å². The van der Waals surface area contributed by atoms with Gasteiger partial charge in [-0.2, -0.15) is 0 Å². The molecule has 0 spiro atoms. The number of thiocarbonyl (C=S) groups is 1. The van der Waals surface area contributed by atoms with Crippen LogP contribution in [0.25, 0.3) is 0 Å². The zero-order chi connectivity index (χ0) is 12.8. The molecule has 5 heteroatoms. The van der Waals surface area contributed by atoms with Crippen molar-refractivity contribution in [1.82, 2.24) is 0 Å². The van der Waals surface area contributed by atoms with E-state index in [0.29, 0.717) is 11.6 Å². The van der Waals surface area contributed by atoms with Crippen molar-refractivity contribution in [3.63, 3.8) is 0 Å². The molecule has 0 radical (unpaired) electrons. The number of ether oxygens (including phenoxy) is 1. The van der Waals surface area contributed by atoms with Gasteiger partial charge in [-0.3, -0.25) is 0 Å². The number of nitrogens with zero attached hydrogens (tertiary/aromatic N) is 1. The van der Waals surface area contributed by atoms with Gasteiger partial charge in [-0.05, 0) is 35.0 Å². The molecule has 0 aliphatic heterocycles. The number of anilines is 1. The highest BCUT2D eigenvalue weighted by Crippen LogP contribution is 2.27. The molecule has 2 N–H and O–H groups in total. The van der Waals surface area contributed by atoms with E-state index >= 15 is 0 Å². The van der Waals surface area contributed by atoms with E-state index in [0.717, 1.165) is 28.9 Å². The Hall–Kier alpha value is -0.650. The molecule has 3 nitrogen and oxygen atoms in total. The number of benzene rings is 1. The summed E-state index contributed by atoms with van der Waals surface area (Å²) in [6.07, 6.45) is 0. The van der Waals surface area contributed by atoms with Gasteiger partial charge in [0.1, 0.15) is 4.99 Å². The van der Waals surface area contributed by atoms with Crippen LogP contribution in [0.2, 0.25) is 0 Å². The van der Waals surface area contributed by atoms with Crippen LogP contribution in [0.3, 0.4) is 0 Å². The molecule has 0 atom stereocenters. The Morgan fingerprint density at radius 1 is 1.53 bits per heavy atom. The first-order valence-electron chi connectivity index (χ1n) is 5.45. The van der Waals surface area contributed by atoms with Crippen molar-refractivity contribution in [3.05, 3.63) is 28.2 Å². The molecule has 0 heterocycles. The number of hydrogen-bond donors (Lipinski definition) is 1. The SMILES string of the molecule is CCOCCN(C)c1cccc(Br)c1C(N)=S. The molecule has 0 aliphatic rings. The van der Waals surface area contributed by atoms with Crippen molar-refractivity contribution in [3.8, 4) is 0 Å². The van der Waals surface area contributed by atoms with Crippen molar-refractivity contribution < 1.29 is 4.74 Å². The summed E-state index contributed by atoms with van der Waals surface area (Å²) in [6.45, 7) is 4.21. The fourth-order valence-corrected chi connectivity index (χ4v) is 2.46. The lowest BCUT2D eigenvalue weighted by Gasteiger charge is -2.22. The number of nitrogens with two attached hydrogens (primary N) is 1. The van der Waals surface area contributed by atoms with E-state index in [1.54, 1.807) is 0 Å². The third kappa shape index (κ3) is 3.94. The van der Waals surface area contributed by atoms with Gasteiger partial charge in [-0.15, -0.1) is 0 Å². The molecule has 94 valence electrons. The average Bonchev–Trinajstić information content (AvgIpc) is 2.28. The van der Waals surface area contributed by atoms with Crippen LogP contribution >= 0.6 is 28.1 Å². The highest BCUT2D eigenvalue weighted by atomic mass is 79.9. The molecular formula is C12H17BrN2OS. The Morgan fingerprint density at radius 3 is 2.82 bits per heavy atom. The van der Waals surface area contributed by atoms with E-state index in [1.165, 1.54) is 0 Å². The molecule has 1 rings (SSSR count). The summed E-state index contributed by atoms with van der Waals surface area (Å²) in [6, 6.07) is 5.91. The van der Waals surface area contributed by atoms with Gasteiger partial charge in [0.15, 0.2) is 0 Å². The van der Waals surface area contributed by atoms with Crippen LogP contribution in [0.5, 0.6) is 0 Å². The fraction of sp³-hybridized carbons (Fsp3) is 0.417. The van der Waals surface area contributed by atoms with E-state index in [-0.39, 0.29) is 0 Å². The van der Waals surface area contributed by atoms with Crippen LogP contribution in [-0.2, 0) is 4.74 Å². The van der Waals surface area contributed by atoms with Gasteiger partial charge in [-0.25, -0.2) is 0 Å². The quantitative estimate of drug-likeness (QED) is 0.646. The van der Waals surface area contributed by atoms with Crippen LogP contribution < -0.4 is 10.6 Å². The zero-order valence-corrected chi connectivity index (χ0v) is 12.5. The summed E-state index contributed by atoms with van der Waals surface area (Å²) in [7, 11) is 2.00. The Bertz CT molecular complexity index is 398. The molecular weight excluding hydrogens is 300 g/mol. The maximum atomic E-state index is 5.75. The number of halogens is 1. The maximum Gasteiger partial charge on any atom is 0.107 e. The summed E-state index contributed by atoms with van der Waals surface area (Å²) in [5, 5.41) is 0. The molecule has 0 unspecified atom stereocenters. The predicted molar refractivity (Wildman–Crippen MR) is 79.8 cm³/mol. The second kappa shape index (κ2) is 6.93. The van der Waals surface area contributed by atoms with Crippen LogP contribution in [0, 0.1) is 0 Å². The molecule has 0 aromatic heterocycles. The standard InChI is InChI=1S/C12H17BrN2OS/c1-3-16-8-7-15(2)10-6-4-5-9(13)11(10)12(14)17/h4-6H,3,7-8H2,1-2H3,(H2,14,17). The Balaban J connectivity index is 2.89. The van der Waals surface area contributed by atoms with E-state index in [4.69, 9.17) is 22.7 Å².